The molecule has 2 aromatic rings. The van der Waals surface area contributed by atoms with E-state index in [0.29, 0.717) is 17.2 Å². The van der Waals surface area contributed by atoms with E-state index in [1.54, 1.807) is 20.0 Å². The molecule has 0 radical (unpaired) electrons. The molecule has 8 heteroatoms. The number of alkyl halides is 3. The fourth-order valence-electron chi connectivity index (χ4n) is 1.74. The van der Waals surface area contributed by atoms with Gasteiger partial charge in [0.2, 0.25) is 0 Å². The summed E-state index contributed by atoms with van der Waals surface area (Å²) >= 11 is 0. The monoisotopic (exact) mass is 298 g/mol. The Kier molecular flexibility index (Phi) is 4.15. The molecule has 0 atom stereocenters. The van der Waals surface area contributed by atoms with Crippen molar-refractivity contribution in [3.05, 3.63) is 36.2 Å². The van der Waals surface area contributed by atoms with Gasteiger partial charge in [0.25, 0.3) is 0 Å². The maximum Gasteiger partial charge on any atom is 0.573 e. The quantitative estimate of drug-likeness (QED) is 0.905. The van der Waals surface area contributed by atoms with Crippen molar-refractivity contribution in [1.29, 1.82) is 0 Å². The summed E-state index contributed by atoms with van der Waals surface area (Å²) in [5, 5.41) is 5.69. The molecule has 0 aliphatic carbocycles. The first-order valence-corrected chi connectivity index (χ1v) is 6.02. The van der Waals surface area contributed by atoms with Gasteiger partial charge in [-0.25, -0.2) is 9.97 Å². The first-order chi connectivity index (χ1) is 9.90. The zero-order valence-corrected chi connectivity index (χ0v) is 11.3. The molecule has 2 rings (SSSR count). The molecule has 0 aliphatic heterocycles. The molecule has 2 N–H and O–H groups in total. The molecule has 21 heavy (non-hydrogen) atoms. The van der Waals surface area contributed by atoms with Gasteiger partial charge in [-0.2, -0.15) is 0 Å². The zero-order chi connectivity index (χ0) is 15.5. The van der Waals surface area contributed by atoms with Crippen LogP contribution in [0.5, 0.6) is 5.75 Å². The summed E-state index contributed by atoms with van der Waals surface area (Å²) in [5.74, 6) is 0.656. The number of ether oxygens (including phenoxy) is 1. The Labute approximate surface area is 119 Å². The van der Waals surface area contributed by atoms with Crippen LogP contribution in [0, 0.1) is 6.92 Å². The van der Waals surface area contributed by atoms with Gasteiger partial charge in [0.05, 0.1) is 5.69 Å². The van der Waals surface area contributed by atoms with Crippen molar-refractivity contribution in [1.82, 2.24) is 9.97 Å². The molecular weight excluding hydrogens is 285 g/mol. The molecule has 1 aromatic carbocycles. The molecule has 0 saturated carbocycles. The highest BCUT2D eigenvalue weighted by molar-refractivity contribution is 5.68. The second kappa shape index (κ2) is 5.86. The molecule has 1 aromatic heterocycles. The Morgan fingerprint density at radius 2 is 1.76 bits per heavy atom. The number of aromatic nitrogens is 2. The molecule has 1 heterocycles. The molecule has 0 aliphatic rings. The number of nitrogens with one attached hydrogen (secondary N) is 2. The molecular formula is C13H13F3N4O. The highest BCUT2D eigenvalue weighted by Gasteiger charge is 2.32. The van der Waals surface area contributed by atoms with Gasteiger partial charge in [0, 0.05) is 12.6 Å². The first-order valence-electron chi connectivity index (χ1n) is 6.02. The fourth-order valence-corrected chi connectivity index (χ4v) is 1.74. The van der Waals surface area contributed by atoms with Gasteiger partial charge in [-0.3, -0.25) is 0 Å². The van der Waals surface area contributed by atoms with Crippen molar-refractivity contribution in [2.45, 2.75) is 13.3 Å². The van der Waals surface area contributed by atoms with Crippen molar-refractivity contribution >= 4 is 17.3 Å². The van der Waals surface area contributed by atoms with Crippen molar-refractivity contribution in [3.8, 4) is 5.75 Å². The smallest absolute Gasteiger partial charge is 0.404 e. The number of hydrogen-bond donors (Lipinski definition) is 2. The maximum atomic E-state index is 12.4. The van der Waals surface area contributed by atoms with Crippen molar-refractivity contribution in [2.24, 2.45) is 0 Å². The van der Waals surface area contributed by atoms with E-state index in [4.69, 9.17) is 0 Å². The molecule has 0 bridgehead atoms. The summed E-state index contributed by atoms with van der Waals surface area (Å²) in [7, 11) is 1.69. The lowest BCUT2D eigenvalue weighted by Crippen LogP contribution is -2.18. The molecule has 0 spiro atoms. The molecule has 0 amide bonds. The number of halogens is 3. The van der Waals surface area contributed by atoms with E-state index in [2.05, 4.69) is 25.3 Å². The van der Waals surface area contributed by atoms with Gasteiger partial charge in [-0.15, -0.1) is 13.2 Å². The summed E-state index contributed by atoms with van der Waals surface area (Å²) in [6.45, 7) is 1.75. The Morgan fingerprint density at radius 1 is 1.10 bits per heavy atom. The summed E-state index contributed by atoms with van der Waals surface area (Å²) in [6.07, 6.45) is -3.44. The predicted molar refractivity (Wildman–Crippen MR) is 72.7 cm³/mol. The van der Waals surface area contributed by atoms with Crippen LogP contribution in [-0.2, 0) is 0 Å². The molecule has 0 fully saturated rings. The normalized spacial score (nSPS) is 11.1. The number of hydrogen-bond acceptors (Lipinski definition) is 5. The maximum absolute atomic E-state index is 12.4. The lowest BCUT2D eigenvalue weighted by molar-refractivity contribution is -0.274. The van der Waals surface area contributed by atoms with Gasteiger partial charge in [-0.1, -0.05) is 12.1 Å². The van der Waals surface area contributed by atoms with Crippen molar-refractivity contribution < 1.29 is 17.9 Å². The summed E-state index contributed by atoms with van der Waals surface area (Å²) in [4.78, 5) is 8.03. The third kappa shape index (κ3) is 3.74. The van der Waals surface area contributed by atoms with Gasteiger partial charge < -0.3 is 15.4 Å². The van der Waals surface area contributed by atoms with E-state index in [0.717, 1.165) is 0 Å². The Bertz CT molecular complexity index is 631. The van der Waals surface area contributed by atoms with Crippen molar-refractivity contribution in [2.75, 3.05) is 17.7 Å². The van der Waals surface area contributed by atoms with E-state index in [9.17, 15) is 13.2 Å². The van der Waals surface area contributed by atoms with Gasteiger partial charge >= 0.3 is 6.36 Å². The fraction of sp³-hybridized carbons (Fsp3) is 0.231. The molecule has 112 valence electrons. The van der Waals surface area contributed by atoms with Crippen LogP contribution in [0.4, 0.5) is 30.5 Å². The number of nitrogens with zero attached hydrogens (tertiary/aromatic N) is 2. The minimum Gasteiger partial charge on any atom is -0.404 e. The highest BCUT2D eigenvalue weighted by atomic mass is 19.4. The van der Waals surface area contributed by atoms with Crippen LogP contribution in [0.25, 0.3) is 0 Å². The van der Waals surface area contributed by atoms with Crippen molar-refractivity contribution in [3.63, 3.8) is 0 Å². The lowest BCUT2D eigenvalue weighted by atomic mass is 10.2. The number of rotatable bonds is 4. The average Bonchev–Trinajstić information content (AvgIpc) is 2.41. The van der Waals surface area contributed by atoms with Gasteiger partial charge in [-0.05, 0) is 19.1 Å². The standard InChI is InChI=1S/C13H13F3N4O/c1-8-11(17-2)18-7-19-12(8)20-9-5-3-4-6-10(9)21-13(14,15)16/h3-7H,1-2H3,(H2,17,18,19,20). The highest BCUT2D eigenvalue weighted by Crippen LogP contribution is 2.32. The number of benzene rings is 1. The van der Waals surface area contributed by atoms with Crippen LogP contribution in [0.2, 0.25) is 0 Å². The number of anilines is 3. The first kappa shape index (κ1) is 14.9. The molecule has 0 saturated heterocycles. The lowest BCUT2D eigenvalue weighted by Gasteiger charge is -2.15. The topological polar surface area (TPSA) is 59.1 Å². The SMILES string of the molecule is CNc1ncnc(Nc2ccccc2OC(F)(F)F)c1C. The van der Waals surface area contributed by atoms with E-state index in [-0.39, 0.29) is 11.4 Å². The van der Waals surface area contributed by atoms with E-state index >= 15 is 0 Å². The van der Waals surface area contributed by atoms with E-state index < -0.39 is 6.36 Å². The Hall–Kier alpha value is -2.51. The van der Waals surface area contributed by atoms with Crippen LogP contribution in [0.15, 0.2) is 30.6 Å². The third-order valence-corrected chi connectivity index (χ3v) is 2.69. The minimum absolute atomic E-state index is 0.165. The van der Waals surface area contributed by atoms with Crippen LogP contribution in [-0.4, -0.2) is 23.4 Å². The Morgan fingerprint density at radius 3 is 2.43 bits per heavy atom. The van der Waals surface area contributed by atoms with Crippen LogP contribution >= 0.6 is 0 Å². The van der Waals surface area contributed by atoms with E-state index in [1.807, 2.05) is 0 Å². The van der Waals surface area contributed by atoms with E-state index in [1.165, 1.54) is 24.5 Å². The van der Waals surface area contributed by atoms with Crippen LogP contribution < -0.4 is 15.4 Å². The van der Waals surface area contributed by atoms with Gasteiger partial charge in [0.1, 0.15) is 18.0 Å². The second-order valence-corrected chi connectivity index (χ2v) is 4.11. The van der Waals surface area contributed by atoms with Crippen LogP contribution in [0.1, 0.15) is 5.56 Å². The summed E-state index contributed by atoms with van der Waals surface area (Å²) in [6, 6.07) is 5.76. The molecule has 5 nitrogen and oxygen atoms in total. The predicted octanol–water partition coefficient (Wildman–Crippen LogP) is 3.47. The average molecular weight is 298 g/mol. The largest absolute Gasteiger partial charge is 0.573 e. The summed E-state index contributed by atoms with van der Waals surface area (Å²) in [5.41, 5.74) is 0.848. The second-order valence-electron chi connectivity index (χ2n) is 4.11. The number of para-hydroxylation sites is 2. The molecule has 0 unspecified atom stereocenters. The van der Waals surface area contributed by atoms with Gasteiger partial charge in [0.15, 0.2) is 5.75 Å². The Balaban J connectivity index is 2.32. The summed E-state index contributed by atoms with van der Waals surface area (Å²) < 4.78 is 41.1. The third-order valence-electron chi connectivity index (χ3n) is 2.69. The van der Waals surface area contributed by atoms with Crippen LogP contribution in [0.3, 0.4) is 0 Å². The zero-order valence-electron chi connectivity index (χ0n) is 11.3. The minimum atomic E-state index is -4.76.